The Hall–Kier alpha value is -2.69. The van der Waals surface area contributed by atoms with Gasteiger partial charge in [-0.1, -0.05) is 24.3 Å². The molecule has 0 saturated carbocycles. The van der Waals surface area contributed by atoms with Gasteiger partial charge in [-0.15, -0.1) is 0 Å². The van der Waals surface area contributed by atoms with Crippen LogP contribution in [0.1, 0.15) is 23.2 Å². The number of piperidine rings is 1. The molecule has 2 aromatic carbocycles. The van der Waals surface area contributed by atoms with Gasteiger partial charge >= 0.3 is 0 Å². The maximum absolute atomic E-state index is 13.3. The lowest BCUT2D eigenvalue weighted by Crippen LogP contribution is -2.43. The highest BCUT2D eigenvalue weighted by atomic mass is 19.1. The number of nitrogens with zero attached hydrogens (tertiary/aromatic N) is 2. The van der Waals surface area contributed by atoms with Crippen molar-refractivity contribution in [1.29, 1.82) is 0 Å². The number of benzene rings is 2. The zero-order chi connectivity index (χ0) is 17.8. The van der Waals surface area contributed by atoms with Gasteiger partial charge in [-0.3, -0.25) is 9.59 Å². The molecule has 0 unspecified atom stereocenters. The average molecular weight is 340 g/mol. The van der Waals surface area contributed by atoms with Gasteiger partial charge < -0.3 is 9.80 Å². The summed E-state index contributed by atoms with van der Waals surface area (Å²) in [6, 6.07) is 15.3. The van der Waals surface area contributed by atoms with Crippen molar-refractivity contribution < 1.29 is 14.0 Å². The number of para-hydroxylation sites is 1. The first kappa shape index (κ1) is 17.1. The van der Waals surface area contributed by atoms with Crippen LogP contribution in [-0.2, 0) is 4.79 Å². The summed E-state index contributed by atoms with van der Waals surface area (Å²) in [5.74, 6) is -0.618. The van der Waals surface area contributed by atoms with Crippen LogP contribution in [0.4, 0.5) is 10.1 Å². The van der Waals surface area contributed by atoms with Crippen LogP contribution in [0.25, 0.3) is 0 Å². The first-order chi connectivity index (χ1) is 12.1. The molecule has 25 heavy (non-hydrogen) atoms. The Morgan fingerprint density at radius 3 is 2.36 bits per heavy atom. The van der Waals surface area contributed by atoms with Crippen molar-refractivity contribution in [2.45, 2.75) is 12.8 Å². The Labute approximate surface area is 146 Å². The highest BCUT2D eigenvalue weighted by Gasteiger charge is 2.29. The molecule has 5 heteroatoms. The third kappa shape index (κ3) is 3.87. The normalized spacial score (nSPS) is 15.0. The summed E-state index contributed by atoms with van der Waals surface area (Å²) in [5.41, 5.74) is 1.22. The van der Waals surface area contributed by atoms with Gasteiger partial charge in [0.05, 0.1) is 0 Å². The summed E-state index contributed by atoms with van der Waals surface area (Å²) in [7, 11) is 1.78. The molecule has 0 aliphatic carbocycles. The largest absolute Gasteiger partial charge is 0.339 e. The molecule has 2 amide bonds. The number of halogens is 1. The SMILES string of the molecule is CN(C(=O)C1CCN(C(=O)c2cccc(F)c2)CC1)c1ccccc1. The van der Waals surface area contributed by atoms with Crippen molar-refractivity contribution in [2.75, 3.05) is 25.0 Å². The van der Waals surface area contributed by atoms with E-state index >= 15 is 0 Å². The van der Waals surface area contributed by atoms with E-state index in [0.29, 0.717) is 31.5 Å². The molecule has 0 N–H and O–H groups in total. The summed E-state index contributed by atoms with van der Waals surface area (Å²) in [5, 5.41) is 0. The van der Waals surface area contributed by atoms with Crippen molar-refractivity contribution in [2.24, 2.45) is 5.92 Å². The van der Waals surface area contributed by atoms with Crippen molar-refractivity contribution in [3.05, 3.63) is 66.0 Å². The van der Waals surface area contributed by atoms with E-state index in [1.165, 1.54) is 18.2 Å². The summed E-state index contributed by atoms with van der Waals surface area (Å²) < 4.78 is 13.3. The fourth-order valence-corrected chi connectivity index (χ4v) is 3.19. The lowest BCUT2D eigenvalue weighted by molar-refractivity contribution is -0.123. The third-order valence-electron chi connectivity index (χ3n) is 4.68. The minimum absolute atomic E-state index is 0.0732. The zero-order valence-electron chi connectivity index (χ0n) is 14.2. The van der Waals surface area contributed by atoms with Crippen molar-refractivity contribution in [3.8, 4) is 0 Å². The molecule has 2 aromatic rings. The summed E-state index contributed by atoms with van der Waals surface area (Å²) in [4.78, 5) is 28.5. The van der Waals surface area contributed by atoms with E-state index in [9.17, 15) is 14.0 Å². The van der Waals surface area contributed by atoms with Crippen molar-refractivity contribution in [1.82, 2.24) is 4.90 Å². The zero-order valence-corrected chi connectivity index (χ0v) is 14.2. The Bertz CT molecular complexity index is 755. The van der Waals surface area contributed by atoms with Gasteiger partial charge in [-0.25, -0.2) is 4.39 Å². The number of carbonyl (C=O) groups excluding carboxylic acids is 2. The second-order valence-electron chi connectivity index (χ2n) is 6.31. The van der Waals surface area contributed by atoms with Crippen LogP contribution in [0.2, 0.25) is 0 Å². The number of hydrogen-bond acceptors (Lipinski definition) is 2. The molecule has 1 aliphatic heterocycles. The highest BCUT2D eigenvalue weighted by molar-refractivity contribution is 5.96. The summed E-state index contributed by atoms with van der Waals surface area (Å²) in [6.45, 7) is 1.02. The highest BCUT2D eigenvalue weighted by Crippen LogP contribution is 2.23. The molecule has 0 aromatic heterocycles. The predicted octanol–water partition coefficient (Wildman–Crippen LogP) is 3.34. The number of hydrogen-bond donors (Lipinski definition) is 0. The monoisotopic (exact) mass is 340 g/mol. The van der Waals surface area contributed by atoms with Gasteiger partial charge in [0.15, 0.2) is 0 Å². The number of anilines is 1. The Balaban J connectivity index is 1.60. The predicted molar refractivity (Wildman–Crippen MR) is 94.9 cm³/mol. The van der Waals surface area contributed by atoms with Gasteiger partial charge in [0.2, 0.25) is 5.91 Å². The van der Waals surface area contributed by atoms with Crippen molar-refractivity contribution >= 4 is 17.5 Å². The molecule has 130 valence electrons. The molecule has 0 bridgehead atoms. The molecule has 1 aliphatic rings. The van der Waals surface area contributed by atoms with E-state index in [4.69, 9.17) is 0 Å². The lowest BCUT2D eigenvalue weighted by Gasteiger charge is -2.33. The van der Waals surface area contributed by atoms with Gasteiger partial charge in [0.1, 0.15) is 5.82 Å². The van der Waals surface area contributed by atoms with E-state index < -0.39 is 5.82 Å². The molecule has 1 saturated heterocycles. The summed E-state index contributed by atoms with van der Waals surface area (Å²) in [6.07, 6.45) is 1.24. The fraction of sp³-hybridized carbons (Fsp3) is 0.300. The second-order valence-corrected chi connectivity index (χ2v) is 6.31. The van der Waals surface area contributed by atoms with Crippen LogP contribution in [0, 0.1) is 11.7 Å². The van der Waals surface area contributed by atoms with E-state index in [-0.39, 0.29) is 17.7 Å². The fourth-order valence-electron chi connectivity index (χ4n) is 3.19. The minimum Gasteiger partial charge on any atom is -0.339 e. The Kier molecular flexibility index (Phi) is 5.12. The van der Waals surface area contributed by atoms with Crippen LogP contribution in [0.3, 0.4) is 0 Å². The van der Waals surface area contributed by atoms with Gasteiger partial charge in [0, 0.05) is 37.3 Å². The molecule has 1 heterocycles. The molecular weight excluding hydrogens is 319 g/mol. The van der Waals surface area contributed by atoms with Gasteiger partial charge in [-0.05, 0) is 43.2 Å². The van der Waals surface area contributed by atoms with Gasteiger partial charge in [-0.2, -0.15) is 0 Å². The first-order valence-electron chi connectivity index (χ1n) is 8.43. The minimum atomic E-state index is -0.416. The second kappa shape index (κ2) is 7.47. The van der Waals surface area contributed by atoms with Crippen LogP contribution >= 0.6 is 0 Å². The maximum atomic E-state index is 13.3. The molecular formula is C20H21FN2O2. The number of rotatable bonds is 3. The van der Waals surface area contributed by atoms with E-state index in [1.54, 1.807) is 22.9 Å². The smallest absolute Gasteiger partial charge is 0.253 e. The van der Waals surface area contributed by atoms with Crippen LogP contribution < -0.4 is 4.90 Å². The summed E-state index contributed by atoms with van der Waals surface area (Å²) >= 11 is 0. The first-order valence-corrected chi connectivity index (χ1v) is 8.43. The van der Waals surface area contributed by atoms with Crippen LogP contribution in [-0.4, -0.2) is 36.9 Å². The molecule has 0 atom stereocenters. The molecule has 1 fully saturated rings. The van der Waals surface area contributed by atoms with E-state index in [0.717, 1.165) is 5.69 Å². The maximum Gasteiger partial charge on any atom is 0.253 e. The standard InChI is InChI=1S/C20H21FN2O2/c1-22(18-8-3-2-4-9-18)19(24)15-10-12-23(13-11-15)20(25)16-6-5-7-17(21)14-16/h2-9,14-15H,10-13H2,1H3. The third-order valence-corrected chi connectivity index (χ3v) is 4.68. The Morgan fingerprint density at radius 2 is 1.72 bits per heavy atom. The topological polar surface area (TPSA) is 40.6 Å². The van der Waals surface area contributed by atoms with Crippen LogP contribution in [0.15, 0.2) is 54.6 Å². The van der Waals surface area contributed by atoms with Gasteiger partial charge in [0.25, 0.3) is 5.91 Å². The lowest BCUT2D eigenvalue weighted by atomic mass is 9.94. The number of carbonyl (C=O) groups is 2. The molecule has 0 spiro atoms. The number of likely N-dealkylation sites (tertiary alicyclic amines) is 1. The van der Waals surface area contributed by atoms with E-state index in [2.05, 4.69) is 0 Å². The molecule has 0 radical (unpaired) electrons. The quantitative estimate of drug-likeness (QED) is 0.860. The number of amides is 2. The molecule has 3 rings (SSSR count). The Morgan fingerprint density at radius 1 is 1.04 bits per heavy atom. The van der Waals surface area contributed by atoms with Crippen molar-refractivity contribution in [3.63, 3.8) is 0 Å². The average Bonchev–Trinajstić information content (AvgIpc) is 2.67. The molecule has 4 nitrogen and oxygen atoms in total. The van der Waals surface area contributed by atoms with E-state index in [1.807, 2.05) is 30.3 Å². The van der Waals surface area contributed by atoms with Crippen LogP contribution in [0.5, 0.6) is 0 Å².